The summed E-state index contributed by atoms with van der Waals surface area (Å²) in [6, 6.07) is 29.3. The van der Waals surface area contributed by atoms with Crippen LogP contribution < -0.4 is 5.32 Å². The fourth-order valence-electron chi connectivity index (χ4n) is 3.68. The van der Waals surface area contributed by atoms with E-state index in [0.29, 0.717) is 0 Å². The lowest BCUT2D eigenvalue weighted by Gasteiger charge is -2.42. The second-order valence-corrected chi connectivity index (χ2v) is 6.54. The van der Waals surface area contributed by atoms with Gasteiger partial charge in [0.05, 0.1) is 0 Å². The quantitative estimate of drug-likeness (QED) is 0.645. The Morgan fingerprint density at radius 1 is 0.885 bits per heavy atom. The molecule has 2 heteroatoms. The van der Waals surface area contributed by atoms with Gasteiger partial charge in [-0.2, -0.15) is 0 Å². The lowest BCUT2D eigenvalue weighted by atomic mass is 9.81. The van der Waals surface area contributed by atoms with Gasteiger partial charge in [-0.15, -0.1) is 0 Å². The summed E-state index contributed by atoms with van der Waals surface area (Å²) in [5.74, 6) is 0. The molecule has 3 aromatic carbocycles. The van der Waals surface area contributed by atoms with Crippen molar-refractivity contribution in [2.45, 2.75) is 25.2 Å². The summed E-state index contributed by atoms with van der Waals surface area (Å²) in [5.41, 5.74) is 4.23. The van der Waals surface area contributed by atoms with E-state index in [-0.39, 0.29) is 6.23 Å². The minimum atomic E-state index is -0.450. The van der Waals surface area contributed by atoms with Gasteiger partial charge in [0.2, 0.25) is 0 Å². The first-order valence-corrected chi connectivity index (χ1v) is 9.14. The molecule has 0 bridgehead atoms. The number of benzene rings is 3. The Morgan fingerprint density at radius 2 is 1.54 bits per heavy atom. The number of para-hydroxylation sites is 1. The van der Waals surface area contributed by atoms with Crippen molar-refractivity contribution in [3.8, 4) is 0 Å². The zero-order valence-corrected chi connectivity index (χ0v) is 14.9. The molecule has 1 aliphatic heterocycles. The van der Waals surface area contributed by atoms with E-state index in [0.717, 1.165) is 12.1 Å². The first kappa shape index (κ1) is 16.6. The molecule has 3 aromatic rings. The average molecular weight is 341 g/mol. The predicted octanol–water partition coefficient (Wildman–Crippen LogP) is 5.82. The monoisotopic (exact) mass is 341 g/mol. The second kappa shape index (κ2) is 7.19. The van der Waals surface area contributed by atoms with Gasteiger partial charge in [-0.05, 0) is 29.7 Å². The minimum Gasteiger partial charge on any atom is -0.356 e. The number of hydrogen-bond acceptors (Lipinski definition) is 2. The normalized spacial score (nSPS) is 22.0. The molecule has 4 rings (SSSR count). The highest BCUT2D eigenvalue weighted by atomic mass is 16.5. The minimum absolute atomic E-state index is 0.190. The molecular weight excluding hydrogens is 318 g/mol. The van der Waals surface area contributed by atoms with Crippen LogP contribution >= 0.6 is 0 Å². The first-order valence-electron chi connectivity index (χ1n) is 9.14. The van der Waals surface area contributed by atoms with Gasteiger partial charge in [0, 0.05) is 11.3 Å². The molecule has 26 heavy (non-hydrogen) atoms. The van der Waals surface area contributed by atoms with Crippen LogP contribution in [0.25, 0.3) is 6.08 Å². The van der Waals surface area contributed by atoms with Crippen LogP contribution in [-0.2, 0) is 10.3 Å². The third-order valence-electron chi connectivity index (χ3n) is 4.99. The van der Waals surface area contributed by atoms with Gasteiger partial charge in [-0.1, -0.05) is 91.9 Å². The average Bonchev–Trinajstić information content (AvgIpc) is 2.73. The maximum absolute atomic E-state index is 6.66. The molecule has 0 radical (unpaired) electrons. The standard InChI is InChI=1S/C24H23NO/c1-2-24(20-13-7-4-8-14-20)21-15-9-10-16-22(21)25-23(26-24)18-17-19-11-5-3-6-12-19/h3-18,23,25H,2H2,1H3/b18-17+/t23-,24-/m0/s1. The Kier molecular flexibility index (Phi) is 4.59. The molecule has 0 aliphatic carbocycles. The SMILES string of the molecule is CC[C@@]1(c2ccccc2)O[C@@H](/C=C/c2ccccc2)Nc2ccccc21. The van der Waals surface area contributed by atoms with Gasteiger partial charge in [-0.3, -0.25) is 0 Å². The van der Waals surface area contributed by atoms with Crippen molar-refractivity contribution >= 4 is 11.8 Å². The zero-order chi connectivity index (χ0) is 17.8. The highest BCUT2D eigenvalue weighted by molar-refractivity contribution is 5.61. The molecule has 1 heterocycles. The van der Waals surface area contributed by atoms with Crippen LogP contribution in [0.5, 0.6) is 0 Å². The number of hydrogen-bond donors (Lipinski definition) is 1. The Bertz CT molecular complexity index is 888. The molecule has 130 valence electrons. The topological polar surface area (TPSA) is 21.3 Å². The molecule has 0 aromatic heterocycles. The maximum Gasteiger partial charge on any atom is 0.149 e. The van der Waals surface area contributed by atoms with Crippen LogP contribution in [0.2, 0.25) is 0 Å². The largest absolute Gasteiger partial charge is 0.356 e. The van der Waals surface area contributed by atoms with E-state index in [1.165, 1.54) is 16.7 Å². The Balaban J connectivity index is 1.75. The molecule has 1 aliphatic rings. The Hall–Kier alpha value is -2.84. The van der Waals surface area contributed by atoms with E-state index in [2.05, 4.69) is 85.1 Å². The lowest BCUT2D eigenvalue weighted by Crippen LogP contribution is -2.42. The van der Waals surface area contributed by atoms with Gasteiger partial charge in [-0.25, -0.2) is 0 Å². The van der Waals surface area contributed by atoms with Crippen molar-refractivity contribution < 1.29 is 4.74 Å². The molecule has 0 fully saturated rings. The number of ether oxygens (including phenoxy) is 1. The predicted molar refractivity (Wildman–Crippen MR) is 108 cm³/mol. The van der Waals surface area contributed by atoms with Gasteiger partial charge in [0.15, 0.2) is 0 Å². The summed E-state index contributed by atoms with van der Waals surface area (Å²) in [6.07, 6.45) is 4.88. The molecule has 0 amide bonds. The highest BCUT2D eigenvalue weighted by Gasteiger charge is 2.40. The van der Waals surface area contributed by atoms with Crippen LogP contribution in [0.3, 0.4) is 0 Å². The van der Waals surface area contributed by atoms with Crippen LogP contribution in [0.15, 0.2) is 91.0 Å². The van der Waals surface area contributed by atoms with E-state index >= 15 is 0 Å². The van der Waals surface area contributed by atoms with E-state index < -0.39 is 5.60 Å². The zero-order valence-electron chi connectivity index (χ0n) is 14.9. The fourth-order valence-corrected chi connectivity index (χ4v) is 3.68. The van der Waals surface area contributed by atoms with Crippen LogP contribution in [0.4, 0.5) is 5.69 Å². The number of anilines is 1. The molecule has 0 saturated carbocycles. The summed E-state index contributed by atoms with van der Waals surface area (Å²) < 4.78 is 6.66. The van der Waals surface area contributed by atoms with E-state index in [9.17, 15) is 0 Å². The van der Waals surface area contributed by atoms with Gasteiger partial charge in [0.1, 0.15) is 11.8 Å². The summed E-state index contributed by atoms with van der Waals surface area (Å²) in [4.78, 5) is 0. The van der Waals surface area contributed by atoms with Crippen molar-refractivity contribution in [2.75, 3.05) is 5.32 Å². The lowest BCUT2D eigenvalue weighted by molar-refractivity contribution is -0.0506. The Morgan fingerprint density at radius 3 is 2.27 bits per heavy atom. The Labute approximate surface area is 155 Å². The molecule has 0 unspecified atom stereocenters. The summed E-state index contributed by atoms with van der Waals surface area (Å²) >= 11 is 0. The third-order valence-corrected chi connectivity index (χ3v) is 4.99. The molecule has 0 spiro atoms. The molecule has 0 saturated heterocycles. The van der Waals surface area contributed by atoms with Gasteiger partial charge in [0.25, 0.3) is 0 Å². The van der Waals surface area contributed by atoms with E-state index in [1.807, 2.05) is 24.3 Å². The van der Waals surface area contributed by atoms with E-state index in [4.69, 9.17) is 4.74 Å². The maximum atomic E-state index is 6.66. The summed E-state index contributed by atoms with van der Waals surface area (Å²) in [5, 5.41) is 3.52. The van der Waals surface area contributed by atoms with Crippen molar-refractivity contribution in [3.05, 3.63) is 108 Å². The second-order valence-electron chi connectivity index (χ2n) is 6.54. The molecule has 1 N–H and O–H groups in total. The molecular formula is C24H23NO. The third kappa shape index (κ3) is 3.04. The van der Waals surface area contributed by atoms with Crippen molar-refractivity contribution in [1.82, 2.24) is 0 Å². The number of fused-ring (bicyclic) bond motifs is 1. The summed E-state index contributed by atoms with van der Waals surface area (Å²) in [7, 11) is 0. The summed E-state index contributed by atoms with van der Waals surface area (Å²) in [6.45, 7) is 2.19. The van der Waals surface area contributed by atoms with Crippen LogP contribution in [-0.4, -0.2) is 6.23 Å². The van der Waals surface area contributed by atoms with Crippen molar-refractivity contribution in [1.29, 1.82) is 0 Å². The van der Waals surface area contributed by atoms with Crippen molar-refractivity contribution in [2.24, 2.45) is 0 Å². The van der Waals surface area contributed by atoms with Crippen LogP contribution in [0.1, 0.15) is 30.0 Å². The smallest absolute Gasteiger partial charge is 0.149 e. The van der Waals surface area contributed by atoms with Gasteiger partial charge < -0.3 is 10.1 Å². The first-order chi connectivity index (χ1) is 12.8. The highest BCUT2D eigenvalue weighted by Crippen LogP contribution is 2.44. The van der Waals surface area contributed by atoms with Gasteiger partial charge >= 0.3 is 0 Å². The number of rotatable bonds is 4. The van der Waals surface area contributed by atoms with Crippen LogP contribution in [0, 0.1) is 0 Å². The van der Waals surface area contributed by atoms with E-state index in [1.54, 1.807) is 0 Å². The molecule has 2 atom stereocenters. The fraction of sp³-hybridized carbons (Fsp3) is 0.167. The van der Waals surface area contributed by atoms with Crippen molar-refractivity contribution in [3.63, 3.8) is 0 Å². The number of nitrogens with one attached hydrogen (secondary N) is 1. The molecule has 2 nitrogen and oxygen atoms in total.